The number of hydrogen-bond acceptors (Lipinski definition) is 5. The van der Waals surface area contributed by atoms with E-state index in [2.05, 4.69) is 15.3 Å². The van der Waals surface area contributed by atoms with E-state index in [4.69, 9.17) is 5.21 Å². The molecule has 2 rings (SSSR count). The maximum absolute atomic E-state index is 10.8. The zero-order chi connectivity index (χ0) is 14.2. The molecule has 0 saturated heterocycles. The van der Waals surface area contributed by atoms with Gasteiger partial charge in [-0.2, -0.15) is 0 Å². The predicted octanol–water partition coefficient (Wildman–Crippen LogP) is 2.11. The summed E-state index contributed by atoms with van der Waals surface area (Å²) >= 11 is 0. The first-order valence-electron chi connectivity index (χ1n) is 6.68. The number of hydroxylamine groups is 1. The molecule has 1 aromatic heterocycles. The Kier molecular flexibility index (Phi) is 5.25. The third-order valence-electron chi connectivity index (χ3n) is 3.04. The number of aromatic nitrogens is 2. The Morgan fingerprint density at radius 2 is 2.00 bits per heavy atom. The van der Waals surface area contributed by atoms with Crippen LogP contribution in [0.5, 0.6) is 0 Å². The van der Waals surface area contributed by atoms with Gasteiger partial charge in [0, 0.05) is 18.4 Å². The molecule has 2 aromatic rings. The number of amides is 1. The van der Waals surface area contributed by atoms with Crippen LogP contribution in [0.4, 0.5) is 5.82 Å². The molecule has 3 N–H and O–H groups in total. The van der Waals surface area contributed by atoms with E-state index in [1.165, 1.54) is 0 Å². The van der Waals surface area contributed by atoms with Crippen LogP contribution in [0.1, 0.15) is 25.7 Å². The molecular weight excluding hydrogens is 256 g/mol. The number of unbranched alkanes of at least 4 members (excludes halogenated alkanes) is 2. The van der Waals surface area contributed by atoms with Crippen LogP contribution in [-0.2, 0) is 4.79 Å². The van der Waals surface area contributed by atoms with Gasteiger partial charge >= 0.3 is 0 Å². The lowest BCUT2D eigenvalue weighted by molar-refractivity contribution is -0.129. The van der Waals surface area contributed by atoms with Crippen molar-refractivity contribution in [2.24, 2.45) is 0 Å². The molecule has 0 spiro atoms. The molecule has 0 saturated carbocycles. The van der Waals surface area contributed by atoms with E-state index in [1.54, 1.807) is 11.8 Å². The zero-order valence-corrected chi connectivity index (χ0v) is 11.2. The fourth-order valence-electron chi connectivity index (χ4n) is 2.00. The number of benzene rings is 1. The largest absolute Gasteiger partial charge is 0.369 e. The van der Waals surface area contributed by atoms with Gasteiger partial charge in [0.25, 0.3) is 0 Å². The van der Waals surface area contributed by atoms with Crippen LogP contribution < -0.4 is 10.8 Å². The molecule has 106 valence electrons. The van der Waals surface area contributed by atoms with Crippen molar-refractivity contribution in [1.29, 1.82) is 0 Å². The number of carbonyl (C=O) groups excluding carboxylic acids is 1. The summed E-state index contributed by atoms with van der Waals surface area (Å²) in [6.07, 6.45) is 4.53. The molecule has 0 radical (unpaired) electrons. The first kappa shape index (κ1) is 14.2. The average molecular weight is 274 g/mol. The first-order chi connectivity index (χ1) is 9.81. The number of rotatable bonds is 7. The van der Waals surface area contributed by atoms with Gasteiger partial charge in [0.05, 0.1) is 5.52 Å². The molecule has 1 heterocycles. The lowest BCUT2D eigenvalue weighted by Crippen LogP contribution is -2.17. The summed E-state index contributed by atoms with van der Waals surface area (Å²) in [7, 11) is 0. The Hall–Kier alpha value is -2.21. The number of para-hydroxylation sites is 1. The number of nitrogens with one attached hydrogen (secondary N) is 2. The number of hydrogen-bond donors (Lipinski definition) is 3. The van der Waals surface area contributed by atoms with Crippen molar-refractivity contribution in [1.82, 2.24) is 15.4 Å². The molecule has 0 unspecified atom stereocenters. The third-order valence-corrected chi connectivity index (χ3v) is 3.04. The predicted molar refractivity (Wildman–Crippen MR) is 76.4 cm³/mol. The molecule has 0 aliphatic heterocycles. The highest BCUT2D eigenvalue weighted by Crippen LogP contribution is 2.18. The Bertz CT molecular complexity index is 569. The smallest absolute Gasteiger partial charge is 0.243 e. The summed E-state index contributed by atoms with van der Waals surface area (Å²) < 4.78 is 0. The van der Waals surface area contributed by atoms with Crippen molar-refractivity contribution in [3.8, 4) is 0 Å². The van der Waals surface area contributed by atoms with Gasteiger partial charge in [-0.3, -0.25) is 10.0 Å². The molecule has 6 nitrogen and oxygen atoms in total. The lowest BCUT2D eigenvalue weighted by Gasteiger charge is -2.07. The van der Waals surface area contributed by atoms with Gasteiger partial charge < -0.3 is 5.32 Å². The molecule has 0 aliphatic carbocycles. The topological polar surface area (TPSA) is 87.1 Å². The second-order valence-electron chi connectivity index (χ2n) is 4.51. The second-order valence-corrected chi connectivity index (χ2v) is 4.51. The standard InChI is InChI=1S/C14H18N4O2/c19-13(18-20)8-2-1-5-9-15-14-11-6-3-4-7-12(11)16-10-17-14/h3-4,6-7,10,20H,1-2,5,8-9H2,(H,18,19)(H,15,16,17). The number of nitrogens with zero attached hydrogens (tertiary/aromatic N) is 2. The summed E-state index contributed by atoms with van der Waals surface area (Å²) in [5, 5.41) is 12.7. The Morgan fingerprint density at radius 3 is 2.85 bits per heavy atom. The molecule has 6 heteroatoms. The van der Waals surface area contributed by atoms with Crippen LogP contribution >= 0.6 is 0 Å². The van der Waals surface area contributed by atoms with E-state index >= 15 is 0 Å². The van der Waals surface area contributed by atoms with Crippen LogP contribution in [0.2, 0.25) is 0 Å². The van der Waals surface area contributed by atoms with Crippen LogP contribution in [0.25, 0.3) is 10.9 Å². The fraction of sp³-hybridized carbons (Fsp3) is 0.357. The van der Waals surface area contributed by atoms with Crippen molar-refractivity contribution < 1.29 is 10.0 Å². The quantitative estimate of drug-likeness (QED) is 0.409. The molecule has 0 bridgehead atoms. The minimum Gasteiger partial charge on any atom is -0.369 e. The van der Waals surface area contributed by atoms with Gasteiger partial charge in [-0.1, -0.05) is 18.6 Å². The van der Waals surface area contributed by atoms with E-state index < -0.39 is 0 Å². The molecule has 1 aromatic carbocycles. The van der Waals surface area contributed by atoms with E-state index in [9.17, 15) is 4.79 Å². The zero-order valence-electron chi connectivity index (χ0n) is 11.2. The van der Waals surface area contributed by atoms with Crippen LogP contribution in [0.3, 0.4) is 0 Å². The molecule has 0 fully saturated rings. The van der Waals surface area contributed by atoms with E-state index in [0.29, 0.717) is 6.42 Å². The summed E-state index contributed by atoms with van der Waals surface area (Å²) in [6, 6.07) is 7.86. The summed E-state index contributed by atoms with van der Waals surface area (Å²) in [6.45, 7) is 0.793. The Morgan fingerprint density at radius 1 is 1.15 bits per heavy atom. The van der Waals surface area contributed by atoms with E-state index in [1.807, 2.05) is 24.3 Å². The van der Waals surface area contributed by atoms with Gasteiger partial charge in [-0.25, -0.2) is 15.4 Å². The fourth-order valence-corrected chi connectivity index (χ4v) is 2.00. The maximum Gasteiger partial charge on any atom is 0.243 e. The van der Waals surface area contributed by atoms with Gasteiger partial charge in [-0.15, -0.1) is 0 Å². The van der Waals surface area contributed by atoms with E-state index in [0.717, 1.165) is 42.5 Å². The lowest BCUT2D eigenvalue weighted by atomic mass is 10.2. The average Bonchev–Trinajstić information content (AvgIpc) is 2.50. The van der Waals surface area contributed by atoms with Crippen molar-refractivity contribution in [2.75, 3.05) is 11.9 Å². The summed E-state index contributed by atoms with van der Waals surface area (Å²) in [4.78, 5) is 19.3. The summed E-state index contributed by atoms with van der Waals surface area (Å²) in [5.74, 6) is 0.503. The molecule has 0 aliphatic rings. The minimum atomic E-state index is -0.334. The van der Waals surface area contributed by atoms with Crippen molar-refractivity contribution in [3.63, 3.8) is 0 Å². The van der Waals surface area contributed by atoms with Crippen molar-refractivity contribution in [2.45, 2.75) is 25.7 Å². The van der Waals surface area contributed by atoms with Gasteiger partial charge in [0.2, 0.25) is 5.91 Å². The van der Waals surface area contributed by atoms with Crippen LogP contribution in [0.15, 0.2) is 30.6 Å². The normalized spacial score (nSPS) is 10.4. The van der Waals surface area contributed by atoms with Gasteiger partial charge in [0.15, 0.2) is 0 Å². The van der Waals surface area contributed by atoms with Crippen molar-refractivity contribution >= 4 is 22.6 Å². The molecule has 20 heavy (non-hydrogen) atoms. The highest BCUT2D eigenvalue weighted by atomic mass is 16.5. The Labute approximate surface area is 117 Å². The second kappa shape index (κ2) is 7.40. The number of fused-ring (bicyclic) bond motifs is 1. The van der Waals surface area contributed by atoms with E-state index in [-0.39, 0.29) is 5.91 Å². The van der Waals surface area contributed by atoms with Crippen LogP contribution in [0, 0.1) is 0 Å². The monoisotopic (exact) mass is 274 g/mol. The SMILES string of the molecule is O=C(CCCCCNc1ncnc2ccccc12)NO. The molecule has 1 amide bonds. The third kappa shape index (κ3) is 3.89. The van der Waals surface area contributed by atoms with Crippen LogP contribution in [-0.4, -0.2) is 27.6 Å². The minimum absolute atomic E-state index is 0.334. The molecule has 0 atom stereocenters. The summed E-state index contributed by atoms with van der Waals surface area (Å²) in [5.41, 5.74) is 2.55. The Balaban J connectivity index is 1.77. The van der Waals surface area contributed by atoms with Gasteiger partial charge in [0.1, 0.15) is 12.1 Å². The number of carbonyl (C=O) groups is 1. The highest BCUT2D eigenvalue weighted by Gasteiger charge is 2.02. The maximum atomic E-state index is 10.8. The number of anilines is 1. The highest BCUT2D eigenvalue weighted by molar-refractivity contribution is 5.88. The first-order valence-corrected chi connectivity index (χ1v) is 6.68. The van der Waals surface area contributed by atoms with Crippen molar-refractivity contribution in [3.05, 3.63) is 30.6 Å². The molecular formula is C14H18N4O2. The van der Waals surface area contributed by atoms with Gasteiger partial charge in [-0.05, 0) is 25.0 Å².